The molecule has 21 heavy (non-hydrogen) atoms. The van der Waals surface area contributed by atoms with Crippen molar-refractivity contribution < 1.29 is 4.74 Å². The Morgan fingerprint density at radius 2 is 1.57 bits per heavy atom. The zero-order chi connectivity index (χ0) is 15.7. The fraction of sp³-hybridized carbons (Fsp3) is 0.684. The minimum absolute atomic E-state index is 0.458. The van der Waals surface area contributed by atoms with Crippen molar-refractivity contribution in [1.82, 2.24) is 5.32 Å². The van der Waals surface area contributed by atoms with Crippen LogP contribution in [0.3, 0.4) is 0 Å². The van der Waals surface area contributed by atoms with Gasteiger partial charge in [-0.15, -0.1) is 0 Å². The van der Waals surface area contributed by atoms with Crippen LogP contribution >= 0.6 is 0 Å². The first-order valence-corrected chi connectivity index (χ1v) is 8.46. The van der Waals surface area contributed by atoms with Crippen LogP contribution in [0, 0.1) is 13.8 Å². The molecule has 0 radical (unpaired) electrons. The summed E-state index contributed by atoms with van der Waals surface area (Å²) in [6.45, 7) is 6.53. The molecule has 0 heterocycles. The average molecular weight is 291 g/mol. The zero-order valence-electron chi connectivity index (χ0n) is 14.6. The maximum absolute atomic E-state index is 5.46. The molecule has 0 aliphatic heterocycles. The van der Waals surface area contributed by atoms with Crippen molar-refractivity contribution in [2.75, 3.05) is 14.2 Å². The van der Waals surface area contributed by atoms with Crippen LogP contribution in [-0.2, 0) is 0 Å². The standard InChI is InChI=1S/C19H33NO/c1-6-7-8-9-10-11-12-18(20-4)17-13-15(2)19(21-5)16(3)14-17/h13-14,18,20H,6-12H2,1-5H3. The number of unbranched alkanes of at least 4 members (excludes halogenated alkanes) is 5. The number of rotatable bonds is 10. The molecule has 120 valence electrons. The van der Waals surface area contributed by atoms with Gasteiger partial charge in [-0.3, -0.25) is 0 Å². The third-order valence-electron chi connectivity index (χ3n) is 4.28. The molecule has 1 unspecified atom stereocenters. The number of nitrogens with one attached hydrogen (secondary N) is 1. The van der Waals surface area contributed by atoms with Gasteiger partial charge in [-0.05, 0) is 44.0 Å². The van der Waals surface area contributed by atoms with Crippen LogP contribution in [-0.4, -0.2) is 14.2 Å². The molecule has 0 saturated carbocycles. The van der Waals surface area contributed by atoms with E-state index in [0.717, 1.165) is 5.75 Å². The Morgan fingerprint density at radius 1 is 1.00 bits per heavy atom. The lowest BCUT2D eigenvalue weighted by atomic mass is 9.96. The predicted octanol–water partition coefficient (Wildman–Crippen LogP) is 5.32. The third kappa shape index (κ3) is 5.70. The molecule has 0 bridgehead atoms. The van der Waals surface area contributed by atoms with E-state index in [4.69, 9.17) is 4.74 Å². The normalized spacial score (nSPS) is 12.4. The lowest BCUT2D eigenvalue weighted by Crippen LogP contribution is -2.16. The van der Waals surface area contributed by atoms with Crippen molar-refractivity contribution >= 4 is 0 Å². The average Bonchev–Trinajstić information content (AvgIpc) is 2.46. The first-order valence-electron chi connectivity index (χ1n) is 8.46. The number of ether oxygens (including phenoxy) is 1. The van der Waals surface area contributed by atoms with Crippen molar-refractivity contribution in [3.63, 3.8) is 0 Å². The van der Waals surface area contributed by atoms with Gasteiger partial charge < -0.3 is 10.1 Å². The molecule has 2 heteroatoms. The van der Waals surface area contributed by atoms with Crippen LogP contribution in [0.25, 0.3) is 0 Å². The zero-order valence-corrected chi connectivity index (χ0v) is 14.6. The maximum atomic E-state index is 5.46. The molecule has 1 rings (SSSR count). The predicted molar refractivity (Wildman–Crippen MR) is 92.3 cm³/mol. The van der Waals surface area contributed by atoms with Crippen LogP contribution in [0.4, 0.5) is 0 Å². The van der Waals surface area contributed by atoms with E-state index in [-0.39, 0.29) is 0 Å². The molecule has 0 aliphatic rings. The fourth-order valence-corrected chi connectivity index (χ4v) is 3.11. The summed E-state index contributed by atoms with van der Waals surface area (Å²) in [5.74, 6) is 1.02. The second-order valence-electron chi connectivity index (χ2n) is 6.09. The number of hydrogen-bond acceptors (Lipinski definition) is 2. The van der Waals surface area contributed by atoms with Gasteiger partial charge in [0.25, 0.3) is 0 Å². The van der Waals surface area contributed by atoms with Crippen molar-refractivity contribution in [3.8, 4) is 5.75 Å². The van der Waals surface area contributed by atoms with Gasteiger partial charge in [-0.25, -0.2) is 0 Å². The largest absolute Gasteiger partial charge is 0.496 e. The van der Waals surface area contributed by atoms with Crippen LogP contribution in [0.1, 0.15) is 74.6 Å². The molecule has 1 aromatic carbocycles. The monoisotopic (exact) mass is 291 g/mol. The van der Waals surface area contributed by atoms with E-state index in [1.54, 1.807) is 7.11 Å². The Balaban J connectivity index is 2.56. The lowest BCUT2D eigenvalue weighted by molar-refractivity contribution is 0.407. The molecular weight excluding hydrogens is 258 g/mol. The van der Waals surface area contributed by atoms with Crippen LogP contribution in [0.5, 0.6) is 5.75 Å². The molecule has 0 aromatic heterocycles. The van der Waals surface area contributed by atoms with E-state index in [0.29, 0.717) is 6.04 Å². The van der Waals surface area contributed by atoms with Crippen molar-refractivity contribution in [2.45, 2.75) is 71.8 Å². The van der Waals surface area contributed by atoms with Gasteiger partial charge in [-0.1, -0.05) is 57.6 Å². The summed E-state index contributed by atoms with van der Waals surface area (Å²) in [4.78, 5) is 0. The first-order chi connectivity index (χ1) is 10.1. The molecule has 1 N–H and O–H groups in total. The van der Waals surface area contributed by atoms with E-state index in [1.165, 1.54) is 61.6 Å². The van der Waals surface area contributed by atoms with E-state index in [9.17, 15) is 0 Å². The highest BCUT2D eigenvalue weighted by molar-refractivity contribution is 5.44. The minimum atomic E-state index is 0.458. The second-order valence-corrected chi connectivity index (χ2v) is 6.09. The Hall–Kier alpha value is -1.02. The van der Waals surface area contributed by atoms with Crippen molar-refractivity contribution in [2.24, 2.45) is 0 Å². The van der Waals surface area contributed by atoms with Crippen molar-refractivity contribution in [3.05, 3.63) is 28.8 Å². The molecule has 2 nitrogen and oxygen atoms in total. The Bertz CT molecular complexity index is 391. The van der Waals surface area contributed by atoms with E-state index in [1.807, 2.05) is 0 Å². The number of methoxy groups -OCH3 is 1. The summed E-state index contributed by atoms with van der Waals surface area (Å²) < 4.78 is 5.46. The minimum Gasteiger partial charge on any atom is -0.496 e. The van der Waals surface area contributed by atoms with E-state index in [2.05, 4.69) is 45.3 Å². The summed E-state index contributed by atoms with van der Waals surface area (Å²) in [5.41, 5.74) is 3.85. The quantitative estimate of drug-likeness (QED) is 0.589. The topological polar surface area (TPSA) is 21.3 Å². The van der Waals surface area contributed by atoms with Crippen LogP contribution in [0.2, 0.25) is 0 Å². The molecule has 0 fully saturated rings. The highest BCUT2D eigenvalue weighted by atomic mass is 16.5. The van der Waals surface area contributed by atoms with E-state index < -0.39 is 0 Å². The smallest absolute Gasteiger partial charge is 0.124 e. The summed E-state index contributed by atoms with van der Waals surface area (Å²) in [6, 6.07) is 4.99. The second kappa shape index (κ2) is 9.83. The molecule has 1 atom stereocenters. The molecular formula is C19H33NO. The number of benzene rings is 1. The van der Waals surface area contributed by atoms with Gasteiger partial charge >= 0.3 is 0 Å². The SMILES string of the molecule is CCCCCCCCC(NC)c1cc(C)c(OC)c(C)c1. The Kier molecular flexibility index (Phi) is 8.44. The maximum Gasteiger partial charge on any atom is 0.124 e. The third-order valence-corrected chi connectivity index (χ3v) is 4.28. The van der Waals surface area contributed by atoms with Gasteiger partial charge in [-0.2, -0.15) is 0 Å². The number of aryl methyl sites for hydroxylation is 2. The summed E-state index contributed by atoms with van der Waals surface area (Å²) in [5, 5.41) is 3.47. The van der Waals surface area contributed by atoms with Gasteiger partial charge in [0.15, 0.2) is 0 Å². The summed E-state index contributed by atoms with van der Waals surface area (Å²) in [7, 11) is 3.82. The highest BCUT2D eigenvalue weighted by Gasteiger charge is 2.12. The van der Waals surface area contributed by atoms with Gasteiger partial charge in [0.2, 0.25) is 0 Å². The highest BCUT2D eigenvalue weighted by Crippen LogP contribution is 2.29. The van der Waals surface area contributed by atoms with Gasteiger partial charge in [0, 0.05) is 6.04 Å². The molecule has 0 aliphatic carbocycles. The molecule has 0 saturated heterocycles. The van der Waals surface area contributed by atoms with Gasteiger partial charge in [0.1, 0.15) is 5.75 Å². The van der Waals surface area contributed by atoms with Gasteiger partial charge in [0.05, 0.1) is 7.11 Å². The Labute approximate surface area is 131 Å². The molecule has 0 amide bonds. The van der Waals surface area contributed by atoms with E-state index >= 15 is 0 Å². The van der Waals surface area contributed by atoms with Crippen molar-refractivity contribution in [1.29, 1.82) is 0 Å². The summed E-state index contributed by atoms with van der Waals surface area (Å²) in [6.07, 6.45) is 9.35. The number of hydrogen-bond donors (Lipinski definition) is 1. The fourth-order valence-electron chi connectivity index (χ4n) is 3.11. The summed E-state index contributed by atoms with van der Waals surface area (Å²) >= 11 is 0. The lowest BCUT2D eigenvalue weighted by Gasteiger charge is -2.19. The first kappa shape index (κ1) is 18.0. The van der Waals surface area contributed by atoms with Crippen LogP contribution in [0.15, 0.2) is 12.1 Å². The Morgan fingerprint density at radius 3 is 2.10 bits per heavy atom. The molecule has 1 aromatic rings. The molecule has 0 spiro atoms. The van der Waals surface area contributed by atoms with Crippen LogP contribution < -0.4 is 10.1 Å².